The fraction of sp³-hybridized carbons (Fsp3) is 0.292. The van der Waals surface area contributed by atoms with E-state index in [1.807, 2.05) is 31.2 Å². The van der Waals surface area contributed by atoms with Crippen molar-refractivity contribution in [2.24, 2.45) is 4.99 Å². The maximum Gasteiger partial charge on any atom is 0.165 e. The van der Waals surface area contributed by atoms with E-state index in [0.717, 1.165) is 39.1 Å². The summed E-state index contributed by atoms with van der Waals surface area (Å²) < 4.78 is 6.25. The monoisotopic (exact) mass is 424 g/mol. The minimum atomic E-state index is 0.328. The van der Waals surface area contributed by atoms with Crippen LogP contribution >= 0.6 is 23.4 Å². The van der Waals surface area contributed by atoms with E-state index in [1.165, 1.54) is 5.39 Å². The SMILES string of the molecule is Cc1c(Cl)cccc1N=C1SC(COc2cccc3ccccc23)CN1C(C)C. The lowest BCUT2D eigenvalue weighted by atomic mass is 10.1. The minimum absolute atomic E-state index is 0.328. The first-order valence-corrected chi connectivity index (χ1v) is 11.2. The van der Waals surface area contributed by atoms with Gasteiger partial charge in [0.25, 0.3) is 0 Å². The van der Waals surface area contributed by atoms with Gasteiger partial charge in [-0.05, 0) is 49.9 Å². The van der Waals surface area contributed by atoms with Crippen molar-refractivity contribution in [3.05, 3.63) is 71.2 Å². The lowest BCUT2D eigenvalue weighted by molar-refractivity contribution is 0.288. The molecule has 0 aliphatic carbocycles. The summed E-state index contributed by atoms with van der Waals surface area (Å²) in [5.74, 6) is 0.941. The molecule has 3 aromatic rings. The first-order valence-electron chi connectivity index (χ1n) is 9.90. The lowest BCUT2D eigenvalue weighted by Gasteiger charge is -2.23. The van der Waals surface area contributed by atoms with E-state index < -0.39 is 0 Å². The summed E-state index contributed by atoms with van der Waals surface area (Å²) >= 11 is 8.07. The van der Waals surface area contributed by atoms with Crippen molar-refractivity contribution in [3.63, 3.8) is 0 Å². The van der Waals surface area contributed by atoms with Crippen molar-refractivity contribution < 1.29 is 4.74 Å². The number of rotatable bonds is 5. The van der Waals surface area contributed by atoms with E-state index in [2.05, 4.69) is 55.1 Å². The van der Waals surface area contributed by atoms with Gasteiger partial charge in [0.1, 0.15) is 12.4 Å². The average Bonchev–Trinajstić information content (AvgIpc) is 3.13. The number of nitrogens with zero attached hydrogens (tertiary/aromatic N) is 2. The third-order valence-electron chi connectivity index (χ3n) is 5.17. The third-order valence-corrected chi connectivity index (χ3v) is 6.74. The van der Waals surface area contributed by atoms with Crippen LogP contribution < -0.4 is 4.74 Å². The number of fused-ring (bicyclic) bond motifs is 1. The predicted molar refractivity (Wildman–Crippen MR) is 126 cm³/mol. The number of benzene rings is 3. The van der Waals surface area contributed by atoms with E-state index in [1.54, 1.807) is 11.8 Å². The van der Waals surface area contributed by atoms with Gasteiger partial charge in [-0.15, -0.1) is 0 Å². The van der Waals surface area contributed by atoms with Crippen molar-refractivity contribution in [2.75, 3.05) is 13.2 Å². The van der Waals surface area contributed by atoms with Crippen molar-refractivity contribution in [1.82, 2.24) is 4.90 Å². The second kappa shape index (κ2) is 8.68. The molecule has 5 heteroatoms. The van der Waals surface area contributed by atoms with Crippen LogP contribution in [0.25, 0.3) is 10.8 Å². The normalized spacial score (nSPS) is 18.2. The molecule has 1 aliphatic heterocycles. The molecule has 0 spiro atoms. The van der Waals surface area contributed by atoms with Gasteiger partial charge in [-0.1, -0.05) is 65.8 Å². The zero-order valence-electron chi connectivity index (χ0n) is 16.9. The Balaban J connectivity index is 1.52. The summed E-state index contributed by atoms with van der Waals surface area (Å²) in [6, 6.07) is 20.8. The Bertz CT molecular complexity index is 1040. The Kier molecular flexibility index (Phi) is 6.02. The molecule has 4 rings (SSSR count). The molecule has 0 saturated carbocycles. The van der Waals surface area contributed by atoms with E-state index in [4.69, 9.17) is 21.3 Å². The van der Waals surface area contributed by atoms with Gasteiger partial charge in [-0.3, -0.25) is 0 Å². The number of amidine groups is 1. The summed E-state index contributed by atoms with van der Waals surface area (Å²) in [6.07, 6.45) is 0. The Morgan fingerprint density at radius 3 is 2.69 bits per heavy atom. The van der Waals surface area contributed by atoms with Crippen molar-refractivity contribution in [2.45, 2.75) is 32.1 Å². The second-order valence-electron chi connectivity index (χ2n) is 7.55. The summed E-state index contributed by atoms with van der Waals surface area (Å²) in [5, 5.41) is 4.47. The number of aliphatic imine (C=N–C) groups is 1. The molecule has 3 nitrogen and oxygen atoms in total. The summed E-state index contributed by atoms with van der Waals surface area (Å²) in [5.41, 5.74) is 1.95. The van der Waals surface area contributed by atoms with E-state index >= 15 is 0 Å². The third kappa shape index (κ3) is 4.39. The first kappa shape index (κ1) is 20.1. The topological polar surface area (TPSA) is 24.8 Å². The highest BCUT2D eigenvalue weighted by Gasteiger charge is 2.31. The zero-order chi connectivity index (χ0) is 20.4. The molecule has 1 saturated heterocycles. The molecule has 1 aliphatic rings. The van der Waals surface area contributed by atoms with Crippen LogP contribution in [0.15, 0.2) is 65.7 Å². The maximum absolute atomic E-state index is 6.28. The molecule has 0 aromatic heterocycles. The predicted octanol–water partition coefficient (Wildman–Crippen LogP) is 6.69. The van der Waals surface area contributed by atoms with Crippen LogP contribution in [0.3, 0.4) is 0 Å². The molecule has 29 heavy (non-hydrogen) atoms. The summed E-state index contributed by atoms with van der Waals surface area (Å²) in [7, 11) is 0. The zero-order valence-corrected chi connectivity index (χ0v) is 18.5. The van der Waals surface area contributed by atoms with Crippen LogP contribution in [0.2, 0.25) is 5.02 Å². The molecular formula is C24H25ClN2OS. The van der Waals surface area contributed by atoms with Crippen LogP contribution in [0, 0.1) is 6.92 Å². The van der Waals surface area contributed by atoms with Gasteiger partial charge in [-0.2, -0.15) is 0 Å². The molecule has 1 heterocycles. The standard InChI is InChI=1S/C24H25ClN2OS/c1-16(2)27-14-19(29-24(27)26-22-12-7-11-21(25)17(22)3)15-28-23-13-6-9-18-8-4-5-10-20(18)23/h4-13,16,19H,14-15H2,1-3H3. The number of hydrogen-bond donors (Lipinski definition) is 0. The second-order valence-corrected chi connectivity index (χ2v) is 9.23. The largest absolute Gasteiger partial charge is 0.492 e. The molecule has 1 unspecified atom stereocenters. The molecule has 150 valence electrons. The van der Waals surface area contributed by atoms with E-state index in [9.17, 15) is 0 Å². The highest BCUT2D eigenvalue weighted by atomic mass is 35.5. The van der Waals surface area contributed by atoms with Crippen LogP contribution in [-0.4, -0.2) is 34.5 Å². The van der Waals surface area contributed by atoms with Gasteiger partial charge in [0.2, 0.25) is 0 Å². The van der Waals surface area contributed by atoms with Gasteiger partial charge in [0.15, 0.2) is 5.17 Å². The smallest absolute Gasteiger partial charge is 0.165 e. The van der Waals surface area contributed by atoms with Crippen molar-refractivity contribution >= 4 is 45.0 Å². The molecule has 0 amide bonds. The number of thioether (sulfide) groups is 1. The molecule has 1 fully saturated rings. The highest BCUT2D eigenvalue weighted by Crippen LogP contribution is 2.34. The number of hydrogen-bond acceptors (Lipinski definition) is 3. The molecule has 0 N–H and O–H groups in total. The first-order chi connectivity index (χ1) is 14.0. The van der Waals surface area contributed by atoms with Gasteiger partial charge < -0.3 is 9.64 Å². The van der Waals surface area contributed by atoms with Gasteiger partial charge in [0, 0.05) is 23.0 Å². The van der Waals surface area contributed by atoms with Gasteiger partial charge in [0.05, 0.1) is 10.9 Å². The van der Waals surface area contributed by atoms with Crippen LogP contribution in [0.5, 0.6) is 5.75 Å². The Labute approximate surface area is 181 Å². The Morgan fingerprint density at radius 2 is 1.86 bits per heavy atom. The fourth-order valence-electron chi connectivity index (χ4n) is 3.49. The number of ether oxygens (including phenoxy) is 1. The van der Waals surface area contributed by atoms with E-state index in [0.29, 0.717) is 17.9 Å². The molecule has 0 bridgehead atoms. The molecule has 0 radical (unpaired) electrons. The quantitative estimate of drug-likeness (QED) is 0.455. The molecule has 1 atom stereocenters. The lowest BCUT2D eigenvalue weighted by Crippen LogP contribution is -2.33. The Morgan fingerprint density at radius 1 is 1.10 bits per heavy atom. The minimum Gasteiger partial charge on any atom is -0.492 e. The summed E-state index contributed by atoms with van der Waals surface area (Å²) in [6.45, 7) is 7.99. The molecular weight excluding hydrogens is 400 g/mol. The summed E-state index contributed by atoms with van der Waals surface area (Å²) in [4.78, 5) is 7.29. The maximum atomic E-state index is 6.28. The molecule has 3 aromatic carbocycles. The number of halogens is 1. The van der Waals surface area contributed by atoms with E-state index in [-0.39, 0.29) is 0 Å². The van der Waals surface area contributed by atoms with Gasteiger partial charge in [-0.25, -0.2) is 4.99 Å². The van der Waals surface area contributed by atoms with Crippen LogP contribution in [0.1, 0.15) is 19.4 Å². The fourth-order valence-corrected chi connectivity index (χ4v) is 4.90. The highest BCUT2D eigenvalue weighted by molar-refractivity contribution is 8.14. The van der Waals surface area contributed by atoms with Crippen LogP contribution in [0.4, 0.5) is 5.69 Å². The van der Waals surface area contributed by atoms with Crippen molar-refractivity contribution in [3.8, 4) is 5.75 Å². The van der Waals surface area contributed by atoms with Gasteiger partial charge >= 0.3 is 0 Å². The Hall–Kier alpha value is -2.17. The average molecular weight is 425 g/mol. The van der Waals surface area contributed by atoms with Crippen LogP contribution in [-0.2, 0) is 0 Å². The van der Waals surface area contributed by atoms with Crippen molar-refractivity contribution in [1.29, 1.82) is 0 Å².